The molecule has 3 heteroatoms. The minimum atomic E-state index is 0. The van der Waals surface area contributed by atoms with Crippen molar-refractivity contribution in [1.29, 1.82) is 0 Å². The zero-order chi connectivity index (χ0) is 9.40. The second-order valence-electron chi connectivity index (χ2n) is 2.97. The summed E-state index contributed by atoms with van der Waals surface area (Å²) in [4.78, 5) is 0. The van der Waals surface area contributed by atoms with Crippen molar-refractivity contribution in [3.8, 4) is 0 Å². The van der Waals surface area contributed by atoms with Gasteiger partial charge in [-0.15, -0.1) is 0 Å². The maximum atomic E-state index is 5.45. The van der Waals surface area contributed by atoms with Crippen LogP contribution in [0.3, 0.4) is 0 Å². The van der Waals surface area contributed by atoms with E-state index in [2.05, 4.69) is 13.8 Å². The Labute approximate surface area is 93.9 Å². The molecule has 0 saturated carbocycles. The average Bonchev–Trinajstić information content (AvgIpc) is 2.04. The molecule has 0 bridgehead atoms. The van der Waals surface area contributed by atoms with E-state index in [-0.39, 0.29) is 25.0 Å². The normalized spacial score (nSPS) is 12.3. The summed E-state index contributed by atoms with van der Waals surface area (Å²) >= 11 is 0. The van der Waals surface area contributed by atoms with Crippen molar-refractivity contribution in [3.63, 3.8) is 0 Å². The van der Waals surface area contributed by atoms with Gasteiger partial charge >= 0.3 is 18.9 Å². The minimum absolute atomic E-state index is 0. The fraction of sp³-hybridized carbons (Fsp3) is 0.800. The van der Waals surface area contributed by atoms with Crippen LogP contribution in [-0.4, -0.2) is 25.9 Å². The summed E-state index contributed by atoms with van der Waals surface area (Å²) in [7, 11) is 0. The first kappa shape index (κ1) is 15.7. The molecule has 0 spiro atoms. The third-order valence-corrected chi connectivity index (χ3v) is 1.59. The van der Waals surface area contributed by atoms with Gasteiger partial charge in [0.05, 0.1) is 13.2 Å². The van der Waals surface area contributed by atoms with Gasteiger partial charge in [-0.05, 0) is 12.8 Å². The van der Waals surface area contributed by atoms with Crippen molar-refractivity contribution in [3.05, 3.63) is 12.7 Å². The van der Waals surface area contributed by atoms with Gasteiger partial charge in [0.15, 0.2) is 0 Å². The van der Waals surface area contributed by atoms with Gasteiger partial charge in [-0.1, -0.05) is 13.8 Å². The van der Waals surface area contributed by atoms with E-state index in [1.165, 1.54) is 0 Å². The van der Waals surface area contributed by atoms with Crippen LogP contribution in [0.25, 0.3) is 0 Å². The largest absolute Gasteiger partial charge is 1.00 e. The molecule has 0 heterocycles. The van der Waals surface area contributed by atoms with Crippen molar-refractivity contribution < 1.29 is 28.3 Å². The first-order valence-corrected chi connectivity index (χ1v) is 4.46. The maximum Gasteiger partial charge on any atom is 1.00 e. The minimum Gasteiger partial charge on any atom is -0.515 e. The predicted molar refractivity (Wildman–Crippen MR) is 49.9 cm³/mol. The van der Waals surface area contributed by atoms with Gasteiger partial charge in [-0.3, -0.25) is 0 Å². The molecule has 0 amide bonds. The topological polar surface area (TPSA) is 18.5 Å². The van der Waals surface area contributed by atoms with Crippen molar-refractivity contribution in [2.45, 2.75) is 26.9 Å². The fourth-order valence-electron chi connectivity index (χ4n) is 0.858. The van der Waals surface area contributed by atoms with E-state index >= 15 is 0 Å². The van der Waals surface area contributed by atoms with Crippen LogP contribution in [0.5, 0.6) is 0 Å². The molecule has 0 aliphatic rings. The Bertz CT molecular complexity index is 115. The van der Waals surface area contributed by atoms with E-state index in [1.54, 1.807) is 6.08 Å². The number of rotatable bonds is 7. The van der Waals surface area contributed by atoms with Gasteiger partial charge in [0.2, 0.25) is 0 Å². The quantitative estimate of drug-likeness (QED) is 0.284. The molecule has 0 aromatic rings. The maximum absolute atomic E-state index is 5.45. The van der Waals surface area contributed by atoms with E-state index in [1.807, 2.05) is 6.92 Å². The fourth-order valence-corrected chi connectivity index (χ4v) is 0.858. The number of hydrogen-bond acceptors (Lipinski definition) is 2. The first-order valence-electron chi connectivity index (χ1n) is 4.46. The molecular formula is C10H19LiO2. The first-order chi connectivity index (χ1) is 5.72. The summed E-state index contributed by atoms with van der Waals surface area (Å²) < 4.78 is 10.6. The summed E-state index contributed by atoms with van der Waals surface area (Å²) in [6.07, 6.45) is 1.64. The molecule has 72 valence electrons. The molecule has 2 nitrogen and oxygen atoms in total. The molecule has 0 radical (unpaired) electrons. The zero-order valence-corrected chi connectivity index (χ0v) is 9.25. The van der Waals surface area contributed by atoms with Crippen LogP contribution in [0.4, 0.5) is 0 Å². The standard InChI is InChI=1S/C10H19O2.Li/c1-5-10(9(3)4)12-8-7-11-6-2;/h1,5,9-10H,6-8H2,2-4H3;/q-1;+1. The molecule has 0 N–H and O–H groups in total. The van der Waals surface area contributed by atoms with E-state index in [0.29, 0.717) is 19.1 Å². The van der Waals surface area contributed by atoms with Gasteiger partial charge in [0.25, 0.3) is 0 Å². The van der Waals surface area contributed by atoms with E-state index < -0.39 is 0 Å². The molecule has 0 fully saturated rings. The number of hydrogen-bond donors (Lipinski definition) is 0. The molecule has 0 aromatic carbocycles. The molecule has 0 saturated heterocycles. The van der Waals surface area contributed by atoms with Crippen LogP contribution in [0, 0.1) is 12.5 Å². The van der Waals surface area contributed by atoms with Crippen molar-refractivity contribution in [2.75, 3.05) is 19.8 Å². The van der Waals surface area contributed by atoms with Crippen LogP contribution in [0.1, 0.15) is 20.8 Å². The van der Waals surface area contributed by atoms with Crippen LogP contribution in [-0.2, 0) is 9.47 Å². The smallest absolute Gasteiger partial charge is 0.515 e. The number of ether oxygens (including phenoxy) is 2. The Balaban J connectivity index is 0. The summed E-state index contributed by atoms with van der Waals surface area (Å²) in [6, 6.07) is 0. The molecule has 1 atom stereocenters. The Kier molecular flexibility index (Phi) is 12.5. The molecule has 0 aliphatic carbocycles. The van der Waals surface area contributed by atoms with Gasteiger partial charge in [-0.2, -0.15) is 0 Å². The summed E-state index contributed by atoms with van der Waals surface area (Å²) in [6.45, 7) is 13.5. The van der Waals surface area contributed by atoms with Crippen molar-refractivity contribution in [2.24, 2.45) is 5.92 Å². The summed E-state index contributed by atoms with van der Waals surface area (Å²) in [5.41, 5.74) is 0. The molecule has 0 aromatic heterocycles. The molecule has 0 aliphatic heterocycles. The van der Waals surface area contributed by atoms with E-state index in [4.69, 9.17) is 16.1 Å². The second-order valence-corrected chi connectivity index (χ2v) is 2.97. The van der Waals surface area contributed by atoms with Crippen LogP contribution in [0.2, 0.25) is 0 Å². The van der Waals surface area contributed by atoms with Crippen LogP contribution in [0.15, 0.2) is 6.08 Å². The second kappa shape index (κ2) is 10.3. The van der Waals surface area contributed by atoms with Crippen molar-refractivity contribution >= 4 is 0 Å². The van der Waals surface area contributed by atoms with Gasteiger partial charge in [-0.25, -0.2) is 6.08 Å². The average molecular weight is 178 g/mol. The summed E-state index contributed by atoms with van der Waals surface area (Å²) in [5, 5.41) is 0. The van der Waals surface area contributed by atoms with Gasteiger partial charge < -0.3 is 16.1 Å². The summed E-state index contributed by atoms with van der Waals surface area (Å²) in [5.74, 6) is 0.427. The van der Waals surface area contributed by atoms with Gasteiger partial charge in [0, 0.05) is 12.7 Å². The Morgan fingerprint density at radius 3 is 2.31 bits per heavy atom. The predicted octanol–water partition coefficient (Wildman–Crippen LogP) is -0.943. The Morgan fingerprint density at radius 1 is 1.31 bits per heavy atom. The monoisotopic (exact) mass is 178 g/mol. The SMILES string of the molecule is [CH-]=CC(OCCOCC)C(C)C.[Li+]. The van der Waals surface area contributed by atoms with E-state index in [9.17, 15) is 0 Å². The van der Waals surface area contributed by atoms with E-state index in [0.717, 1.165) is 6.61 Å². The van der Waals surface area contributed by atoms with Crippen molar-refractivity contribution in [1.82, 2.24) is 0 Å². The third kappa shape index (κ3) is 8.58. The Morgan fingerprint density at radius 2 is 1.92 bits per heavy atom. The molecule has 1 unspecified atom stereocenters. The third-order valence-electron chi connectivity index (χ3n) is 1.59. The molecule has 0 rings (SSSR count). The van der Waals surface area contributed by atoms with Crippen LogP contribution >= 0.6 is 0 Å². The zero-order valence-electron chi connectivity index (χ0n) is 9.25. The Hall–Kier alpha value is 0.257. The molecule has 13 heavy (non-hydrogen) atoms. The van der Waals surface area contributed by atoms with Gasteiger partial charge in [0.1, 0.15) is 0 Å². The van der Waals surface area contributed by atoms with Crippen LogP contribution < -0.4 is 18.9 Å². The molecular weight excluding hydrogens is 159 g/mol.